The van der Waals surface area contributed by atoms with Crippen molar-refractivity contribution in [3.05, 3.63) is 88.0 Å². The van der Waals surface area contributed by atoms with Crippen LogP contribution in [0.15, 0.2) is 52.9 Å². The number of alkyl halides is 2. The number of fused-ring (bicyclic) bond motifs is 2. The molecule has 53 heavy (non-hydrogen) atoms. The zero-order chi connectivity index (χ0) is 37.2. The van der Waals surface area contributed by atoms with E-state index in [0.717, 1.165) is 44.8 Å². The van der Waals surface area contributed by atoms with Crippen molar-refractivity contribution in [3.63, 3.8) is 0 Å². The molecular formula is C40H39F2N7O4. The Hall–Kier alpha value is -5.45. The van der Waals surface area contributed by atoms with Gasteiger partial charge < -0.3 is 19.4 Å². The third-order valence-corrected chi connectivity index (χ3v) is 11.2. The summed E-state index contributed by atoms with van der Waals surface area (Å²) in [4.78, 5) is 38.7. The topological polar surface area (TPSA) is 141 Å². The second kappa shape index (κ2) is 13.2. The third-order valence-electron chi connectivity index (χ3n) is 11.2. The van der Waals surface area contributed by atoms with E-state index in [2.05, 4.69) is 21.3 Å². The summed E-state index contributed by atoms with van der Waals surface area (Å²) < 4.78 is 35.1. The van der Waals surface area contributed by atoms with Crippen molar-refractivity contribution < 1.29 is 27.9 Å². The van der Waals surface area contributed by atoms with Crippen molar-refractivity contribution in [2.24, 2.45) is 13.0 Å². The molecule has 11 nitrogen and oxygen atoms in total. The number of carbonyl (C=O) groups is 2. The molecule has 2 aromatic heterocycles. The van der Waals surface area contributed by atoms with E-state index in [1.807, 2.05) is 72.8 Å². The maximum absolute atomic E-state index is 13.6. The largest absolute Gasteiger partial charge is 0.481 e. The summed E-state index contributed by atoms with van der Waals surface area (Å²) in [5, 5.41) is 22.4. The third kappa shape index (κ3) is 6.36. The molecule has 1 atom stereocenters. The number of carbonyl (C=O) groups excluding carboxylic acids is 1. The number of benzene rings is 3. The van der Waals surface area contributed by atoms with Crippen molar-refractivity contribution in [2.45, 2.75) is 64.6 Å². The molecule has 0 spiro atoms. The minimum absolute atomic E-state index is 0.129. The summed E-state index contributed by atoms with van der Waals surface area (Å²) in [6.45, 7) is 6.71. The Kier molecular flexibility index (Phi) is 8.62. The summed E-state index contributed by atoms with van der Waals surface area (Å²) in [6.07, 6.45) is 0.985. The smallest absolute Gasteiger partial charge is 0.307 e. The molecule has 272 valence electrons. The van der Waals surface area contributed by atoms with Crippen molar-refractivity contribution in [1.82, 2.24) is 24.3 Å². The molecule has 1 saturated carbocycles. The summed E-state index contributed by atoms with van der Waals surface area (Å²) in [6, 6.07) is 17.3. The Morgan fingerprint density at radius 2 is 1.79 bits per heavy atom. The maximum Gasteiger partial charge on any atom is 0.307 e. The van der Waals surface area contributed by atoms with Gasteiger partial charge in [-0.3, -0.25) is 19.4 Å². The number of carboxylic acid groups (broad SMARTS) is 1. The minimum atomic E-state index is -2.59. The van der Waals surface area contributed by atoms with Crippen LogP contribution in [0.5, 0.6) is 0 Å². The van der Waals surface area contributed by atoms with Gasteiger partial charge in [0.1, 0.15) is 11.6 Å². The maximum atomic E-state index is 13.6. The van der Waals surface area contributed by atoms with Crippen LogP contribution in [0, 0.1) is 31.1 Å². The quantitative estimate of drug-likeness (QED) is 0.179. The first-order valence-electron chi connectivity index (χ1n) is 17.9. The first kappa shape index (κ1) is 34.6. The van der Waals surface area contributed by atoms with E-state index in [9.17, 15) is 28.7 Å². The Morgan fingerprint density at radius 1 is 1.06 bits per heavy atom. The highest BCUT2D eigenvalue weighted by Gasteiger charge is 2.48. The van der Waals surface area contributed by atoms with Crippen molar-refractivity contribution in [1.29, 1.82) is 5.26 Å². The van der Waals surface area contributed by atoms with Gasteiger partial charge >= 0.3 is 5.97 Å². The van der Waals surface area contributed by atoms with Gasteiger partial charge in [-0.15, -0.1) is 0 Å². The van der Waals surface area contributed by atoms with Crippen LogP contribution in [-0.2, 0) is 31.4 Å². The molecule has 1 amide bonds. The number of imidazole rings is 1. The highest BCUT2D eigenvalue weighted by Crippen LogP contribution is 2.42. The van der Waals surface area contributed by atoms with Crippen LogP contribution in [0.2, 0.25) is 0 Å². The van der Waals surface area contributed by atoms with E-state index in [4.69, 9.17) is 9.40 Å². The zero-order valence-corrected chi connectivity index (χ0v) is 29.7. The standard InChI is InChI=1S/C40H39F2N7O4/c1-22-28(6-4-8-30(22)38-46-32-15-24(14-26(18-43)35(32)53-38)19-48-12-10-25(20-48)39(51)52)29-7-5-9-31(23(29)2)45-37(50)36-44-33-21-49(13-11-34(33)47(36)3)27-16-40(41,42)17-27/h4-9,14-15,25,27H,10-13,16-17,19-21H2,1-3H3,(H,45,50)(H,51,52)/t25-/m0/s1. The van der Waals surface area contributed by atoms with E-state index in [1.54, 1.807) is 6.07 Å². The molecule has 1 saturated heterocycles. The second-order valence-electron chi connectivity index (χ2n) is 14.6. The molecule has 3 aliphatic rings. The number of hydrogen-bond acceptors (Lipinski definition) is 8. The Balaban J connectivity index is 1.03. The predicted molar refractivity (Wildman–Crippen MR) is 193 cm³/mol. The molecule has 2 fully saturated rings. The SMILES string of the molecule is Cc1c(NC(=O)c2nc3c(n2C)CCN(C2CC(F)(F)C2)C3)cccc1-c1cccc(-c2nc3cc(CN4CC[C@H](C(=O)O)C4)cc(C#N)c3o2)c1C. The van der Waals surface area contributed by atoms with Gasteiger partial charge in [0.25, 0.3) is 11.8 Å². The molecule has 2 aliphatic heterocycles. The molecule has 4 heterocycles. The molecule has 5 aromatic rings. The Bertz CT molecular complexity index is 2330. The lowest BCUT2D eigenvalue weighted by Gasteiger charge is -2.43. The highest BCUT2D eigenvalue weighted by molar-refractivity contribution is 6.03. The highest BCUT2D eigenvalue weighted by atomic mass is 19.3. The lowest BCUT2D eigenvalue weighted by Crippen LogP contribution is -2.52. The summed E-state index contributed by atoms with van der Waals surface area (Å²) in [5.74, 6) is -3.45. The van der Waals surface area contributed by atoms with Crippen LogP contribution in [0.1, 0.15) is 63.5 Å². The van der Waals surface area contributed by atoms with Gasteiger partial charge in [0.2, 0.25) is 5.89 Å². The summed E-state index contributed by atoms with van der Waals surface area (Å²) in [5.41, 5.74) is 8.91. The fourth-order valence-electron chi connectivity index (χ4n) is 8.17. The molecule has 0 radical (unpaired) electrons. The molecule has 0 unspecified atom stereocenters. The lowest BCUT2D eigenvalue weighted by molar-refractivity contribution is -0.141. The average Bonchev–Trinajstić information content (AvgIpc) is 3.85. The van der Waals surface area contributed by atoms with Gasteiger partial charge in [-0.05, 0) is 78.9 Å². The summed E-state index contributed by atoms with van der Waals surface area (Å²) in [7, 11) is 1.82. The molecule has 2 N–H and O–H groups in total. The molecule has 3 aromatic carbocycles. The van der Waals surface area contributed by atoms with E-state index < -0.39 is 11.9 Å². The zero-order valence-electron chi connectivity index (χ0n) is 29.7. The number of carboxylic acids is 1. The van der Waals surface area contributed by atoms with Crippen LogP contribution < -0.4 is 5.32 Å². The van der Waals surface area contributed by atoms with Gasteiger partial charge in [0.15, 0.2) is 11.4 Å². The Morgan fingerprint density at radius 3 is 2.51 bits per heavy atom. The fourth-order valence-corrected chi connectivity index (χ4v) is 8.17. The number of likely N-dealkylation sites (tertiary alicyclic amines) is 1. The van der Waals surface area contributed by atoms with Crippen LogP contribution in [0.3, 0.4) is 0 Å². The minimum Gasteiger partial charge on any atom is -0.481 e. The van der Waals surface area contributed by atoms with Crippen molar-refractivity contribution in [3.8, 4) is 28.7 Å². The number of rotatable bonds is 8. The number of nitriles is 1. The van der Waals surface area contributed by atoms with Crippen LogP contribution in [0.4, 0.5) is 14.5 Å². The van der Waals surface area contributed by atoms with Crippen molar-refractivity contribution >= 4 is 28.7 Å². The number of amides is 1. The van der Waals surface area contributed by atoms with Crippen LogP contribution >= 0.6 is 0 Å². The molecule has 0 bridgehead atoms. The molecule has 1 aliphatic carbocycles. The number of nitrogens with zero attached hydrogens (tertiary/aromatic N) is 6. The molecule has 13 heteroatoms. The van der Waals surface area contributed by atoms with Crippen molar-refractivity contribution in [2.75, 3.05) is 25.0 Å². The van der Waals surface area contributed by atoms with E-state index >= 15 is 0 Å². The monoisotopic (exact) mass is 719 g/mol. The lowest BCUT2D eigenvalue weighted by atomic mass is 9.86. The predicted octanol–water partition coefficient (Wildman–Crippen LogP) is 6.70. The van der Waals surface area contributed by atoms with Gasteiger partial charge in [0, 0.05) is 75.5 Å². The number of aliphatic carboxylic acids is 1. The van der Waals surface area contributed by atoms with Gasteiger partial charge in [-0.1, -0.05) is 24.3 Å². The Labute approximate surface area is 304 Å². The van der Waals surface area contributed by atoms with E-state index in [0.29, 0.717) is 73.8 Å². The van der Waals surface area contributed by atoms with Gasteiger partial charge in [0.05, 0.1) is 17.2 Å². The van der Waals surface area contributed by atoms with E-state index in [1.165, 1.54) is 0 Å². The first-order chi connectivity index (χ1) is 25.4. The number of hydrogen-bond donors (Lipinski definition) is 2. The van der Waals surface area contributed by atoms with Crippen LogP contribution in [0.25, 0.3) is 33.7 Å². The van der Waals surface area contributed by atoms with Gasteiger partial charge in [-0.25, -0.2) is 18.7 Å². The number of nitrogens with one attached hydrogen (secondary N) is 1. The number of oxazole rings is 1. The number of anilines is 1. The first-order valence-corrected chi connectivity index (χ1v) is 17.9. The number of aromatic nitrogens is 3. The molecular weight excluding hydrogens is 680 g/mol. The second-order valence-corrected chi connectivity index (χ2v) is 14.6. The normalized spacial score (nSPS) is 18.8. The molecule has 8 rings (SSSR count). The summed E-state index contributed by atoms with van der Waals surface area (Å²) >= 11 is 0. The van der Waals surface area contributed by atoms with E-state index in [-0.39, 0.29) is 36.5 Å². The number of halogens is 2. The van der Waals surface area contributed by atoms with Crippen LogP contribution in [-0.4, -0.2) is 72.9 Å². The van der Waals surface area contributed by atoms with Gasteiger partial charge in [-0.2, -0.15) is 5.26 Å². The fraction of sp³-hybridized carbons (Fsp3) is 0.375. The average molecular weight is 720 g/mol.